The molecule has 2 aliphatic rings. The van der Waals surface area contributed by atoms with Gasteiger partial charge < -0.3 is 69.8 Å². The van der Waals surface area contributed by atoms with Crippen molar-refractivity contribution in [3.05, 3.63) is 191 Å². The Morgan fingerprint density at radius 2 is 0.880 bits per heavy atom. The molecule has 0 spiro atoms. The monoisotopic (exact) mass is 1370 g/mol. The van der Waals surface area contributed by atoms with E-state index in [0.29, 0.717) is 60.3 Å². The zero-order chi connectivity index (χ0) is 71.5. The molecule has 1 atom stereocenters. The number of carbonyl (C=O) groups excluding carboxylic acids is 4. The Bertz CT molecular complexity index is 3520. The van der Waals surface area contributed by atoms with Crippen LogP contribution in [0.25, 0.3) is 0 Å². The second kappa shape index (κ2) is 41.3. The van der Waals surface area contributed by atoms with Crippen molar-refractivity contribution in [2.75, 3.05) is 65.7 Å². The second-order valence-electron chi connectivity index (χ2n) is 25.9. The van der Waals surface area contributed by atoms with E-state index < -0.39 is 35.9 Å². The van der Waals surface area contributed by atoms with Crippen LogP contribution in [0.2, 0.25) is 0 Å². The van der Waals surface area contributed by atoms with Crippen molar-refractivity contribution in [3.8, 4) is 23.0 Å². The number of hydrogen-bond donors (Lipinski definition) is 8. The molecule has 8 rings (SSSR count). The van der Waals surface area contributed by atoms with E-state index >= 15 is 0 Å². The third-order valence-electron chi connectivity index (χ3n) is 16.6. The summed E-state index contributed by atoms with van der Waals surface area (Å²) in [4.78, 5) is 58.9. The molecule has 2 heterocycles. The van der Waals surface area contributed by atoms with Gasteiger partial charge in [-0.15, -0.1) is 0 Å². The van der Waals surface area contributed by atoms with E-state index in [0.717, 1.165) is 125 Å². The summed E-state index contributed by atoms with van der Waals surface area (Å²) in [7, 11) is 0. The number of alkyl carbamates (subject to hydrolysis) is 3. The third kappa shape index (κ3) is 28.7. The molecule has 3 amide bonds. The van der Waals surface area contributed by atoms with Gasteiger partial charge in [0.05, 0.1) is 26.4 Å². The minimum Gasteiger partial charge on any atom is -0.494 e. The molecule has 536 valence electrons. The zero-order valence-electron chi connectivity index (χ0n) is 58.2. The van der Waals surface area contributed by atoms with Crippen molar-refractivity contribution in [2.24, 2.45) is 39.5 Å². The van der Waals surface area contributed by atoms with Crippen molar-refractivity contribution in [2.45, 2.75) is 124 Å². The summed E-state index contributed by atoms with van der Waals surface area (Å²) in [6.07, 6.45) is 8.80. The summed E-state index contributed by atoms with van der Waals surface area (Å²) >= 11 is 0. The van der Waals surface area contributed by atoms with Crippen molar-refractivity contribution < 1.29 is 62.4 Å². The maximum absolute atomic E-state index is 12.6. The van der Waals surface area contributed by atoms with Crippen molar-refractivity contribution in [1.29, 1.82) is 10.8 Å². The van der Waals surface area contributed by atoms with Gasteiger partial charge in [-0.05, 0) is 237 Å². The molecule has 0 unspecified atom stereocenters. The van der Waals surface area contributed by atoms with Crippen molar-refractivity contribution in [3.63, 3.8) is 0 Å². The molecule has 2 fully saturated rings. The molecule has 24 heteroatoms. The van der Waals surface area contributed by atoms with E-state index in [-0.39, 0.29) is 42.5 Å². The van der Waals surface area contributed by atoms with Gasteiger partial charge in [0.15, 0.2) is 11.7 Å². The van der Waals surface area contributed by atoms with Gasteiger partial charge in [-0.3, -0.25) is 21.5 Å². The average Bonchev–Trinajstić information content (AvgIpc) is 0.930. The highest BCUT2D eigenvalue weighted by molar-refractivity contribution is 6.05. The largest absolute Gasteiger partial charge is 0.494 e. The summed E-state index contributed by atoms with van der Waals surface area (Å²) in [5, 5.41) is 39.3. The first-order valence-corrected chi connectivity index (χ1v) is 34.3. The molecule has 2 saturated heterocycles. The van der Waals surface area contributed by atoms with Crippen LogP contribution in [-0.4, -0.2) is 140 Å². The van der Waals surface area contributed by atoms with Gasteiger partial charge in [-0.25, -0.2) is 19.2 Å². The minimum absolute atomic E-state index is 0.0211. The lowest BCUT2D eigenvalue weighted by atomic mass is 9.92. The van der Waals surface area contributed by atoms with Gasteiger partial charge in [0.1, 0.15) is 59.5 Å². The van der Waals surface area contributed by atoms with Crippen LogP contribution >= 0.6 is 0 Å². The Balaban J connectivity index is 0.000000292. The van der Waals surface area contributed by atoms with Crippen LogP contribution in [0, 0.1) is 28.6 Å². The van der Waals surface area contributed by atoms with Gasteiger partial charge in [-0.1, -0.05) is 84.8 Å². The summed E-state index contributed by atoms with van der Waals surface area (Å²) < 4.78 is 39.3. The highest BCUT2D eigenvalue weighted by atomic mass is 16.7. The van der Waals surface area contributed by atoms with E-state index in [1.54, 1.807) is 107 Å². The number of ether oxygens (including phenoxy) is 7. The number of likely N-dealkylation sites (tertiary alicyclic amines) is 2. The number of carbonyl (C=O) groups is 4. The molecule has 0 saturated carbocycles. The quantitative estimate of drug-likeness (QED) is 0.00370. The van der Waals surface area contributed by atoms with Crippen LogP contribution in [0.1, 0.15) is 132 Å². The molecule has 6 aromatic rings. The van der Waals surface area contributed by atoms with Crippen LogP contribution < -0.4 is 46.4 Å². The SMILES string of the molecule is CC(C)[C@@H](NC(=O)OC(C)(C)C)C(=O)O/N=C(\N)c1ccc(OCCCC2CCN(CCCOc3ccc(C(=N)NC(=O)OCc4ccccc4)cc3)CC2)cc1.N=C(NC(=O)OCc1ccccc1)c1ccc(OCCCN2CCC(CCCOc3ccc(/C(N)=N/O)cc3)CC2)cc1. The fourth-order valence-corrected chi connectivity index (χ4v) is 11.0. The van der Waals surface area contributed by atoms with E-state index in [9.17, 15) is 19.2 Å². The molecule has 0 bridgehead atoms. The fraction of sp³-hybridized carbons (Fsp3) is 0.421. The third-order valence-corrected chi connectivity index (χ3v) is 16.6. The topological polar surface area (TPSA) is 329 Å². The molecular weight excluding hydrogens is 1270 g/mol. The standard InChI is InChI=1S/C43H58N6O8.C33H41N5O5/c1-30(2)37(46-42(52)56-43(3,4)5)40(50)57-48-39(45)34-16-20-35(21-17-34)53-27-9-13-31-22-25-49(26-23-31)24-10-28-54-36-18-14-33(15-19-36)38(44)47-41(51)55-29-32-11-7-6-8-12-32;34-31(36-33(39)43-24-26-6-2-1-3-7-26)27-9-13-30(14-10-27)42-23-5-19-38-20-17-25(18-21-38)8-4-22-41-29-15-11-28(12-16-29)32(35)37-40/h6-8,11-12,14-21,30-31,37H,9-10,13,22-29H2,1-5H3,(H2,45,48)(H,46,52)(H2,44,47,51);1-3,6-7,9-16,25,40H,4-5,8,17-24H2,(H2,35,37)(H2,34,36,39)/t37-;/m1./s1. The first kappa shape index (κ1) is 77.2. The maximum Gasteiger partial charge on any atom is 0.413 e. The normalized spacial score (nSPS) is 14.3. The second-order valence-corrected chi connectivity index (χ2v) is 25.9. The lowest BCUT2D eigenvalue weighted by Crippen LogP contribution is -2.46. The first-order valence-electron chi connectivity index (χ1n) is 34.3. The van der Waals surface area contributed by atoms with Crippen LogP contribution in [0.3, 0.4) is 0 Å². The molecule has 24 nitrogen and oxygen atoms in total. The number of piperidine rings is 2. The van der Waals surface area contributed by atoms with Gasteiger partial charge in [0.25, 0.3) is 0 Å². The molecule has 2 aliphatic heterocycles. The van der Waals surface area contributed by atoms with Crippen LogP contribution in [0.4, 0.5) is 14.4 Å². The molecule has 0 aromatic heterocycles. The van der Waals surface area contributed by atoms with Gasteiger partial charge >= 0.3 is 24.2 Å². The van der Waals surface area contributed by atoms with Crippen LogP contribution in [0.5, 0.6) is 23.0 Å². The van der Waals surface area contributed by atoms with Crippen molar-refractivity contribution in [1.82, 2.24) is 25.8 Å². The van der Waals surface area contributed by atoms with Crippen molar-refractivity contribution >= 4 is 47.6 Å². The molecule has 10 N–H and O–H groups in total. The lowest BCUT2D eigenvalue weighted by Gasteiger charge is -2.32. The molecule has 6 aromatic carbocycles. The summed E-state index contributed by atoms with van der Waals surface area (Å²) in [6.45, 7) is 17.9. The zero-order valence-corrected chi connectivity index (χ0v) is 58.2. The molecular formula is C76H99N11O13. The highest BCUT2D eigenvalue weighted by Gasteiger charge is 2.29. The Hall–Kier alpha value is -10.2. The lowest BCUT2D eigenvalue weighted by molar-refractivity contribution is -0.147. The maximum atomic E-state index is 12.6. The first-order chi connectivity index (χ1) is 48.2. The van der Waals surface area contributed by atoms with Gasteiger partial charge in [-0.2, -0.15) is 0 Å². The molecule has 100 heavy (non-hydrogen) atoms. The smallest absolute Gasteiger partial charge is 0.413 e. The summed E-state index contributed by atoms with van der Waals surface area (Å²) in [6, 6.07) is 46.4. The number of oxime groups is 2. The summed E-state index contributed by atoms with van der Waals surface area (Å²) in [5.74, 6) is 3.41. The van der Waals surface area contributed by atoms with E-state index in [4.69, 9.17) is 65.5 Å². The summed E-state index contributed by atoms with van der Waals surface area (Å²) in [5.41, 5.74) is 15.1. The minimum atomic E-state index is -0.955. The average molecular weight is 1370 g/mol. The number of nitrogens with zero attached hydrogens (tertiary/aromatic N) is 4. The Labute approximate surface area is 587 Å². The van der Waals surface area contributed by atoms with E-state index in [1.807, 2.05) is 84.9 Å². The Morgan fingerprint density at radius 3 is 1.24 bits per heavy atom. The Morgan fingerprint density at radius 1 is 0.520 bits per heavy atom. The number of hydrogen-bond acceptors (Lipinski definition) is 19. The Kier molecular flexibility index (Phi) is 31.8. The highest BCUT2D eigenvalue weighted by Crippen LogP contribution is 2.25. The van der Waals surface area contributed by atoms with Crippen LogP contribution in [0.15, 0.2) is 168 Å². The molecule has 0 radical (unpaired) electrons. The number of amides is 3. The number of amidine groups is 4. The van der Waals surface area contributed by atoms with E-state index in [1.165, 1.54) is 12.8 Å². The number of benzene rings is 6. The van der Waals surface area contributed by atoms with E-state index in [2.05, 4.69) is 36.1 Å². The molecule has 0 aliphatic carbocycles. The predicted octanol–water partition coefficient (Wildman–Crippen LogP) is 12.4. The van der Waals surface area contributed by atoms with Crippen LogP contribution in [-0.2, 0) is 37.1 Å². The van der Waals surface area contributed by atoms with Gasteiger partial charge in [0.2, 0.25) is 0 Å². The predicted molar refractivity (Wildman–Crippen MR) is 384 cm³/mol. The fourth-order valence-electron chi connectivity index (χ4n) is 11.0. The number of nitrogens with one attached hydrogen (secondary N) is 5. The van der Waals surface area contributed by atoms with Gasteiger partial charge in [0, 0.05) is 35.3 Å². The number of rotatable bonds is 32. The number of nitrogens with two attached hydrogens (primary N) is 2.